The van der Waals surface area contributed by atoms with Crippen molar-refractivity contribution in [3.8, 4) is 11.6 Å². The summed E-state index contributed by atoms with van der Waals surface area (Å²) in [4.78, 5) is 20.6. The Hall–Kier alpha value is -2.35. The van der Waals surface area contributed by atoms with Crippen molar-refractivity contribution in [1.82, 2.24) is 9.97 Å². The normalized spacial score (nSPS) is 10.2. The summed E-state index contributed by atoms with van der Waals surface area (Å²) in [5.41, 5.74) is 0.0174. The van der Waals surface area contributed by atoms with Crippen LogP contribution in [-0.2, 0) is 0 Å². The van der Waals surface area contributed by atoms with Crippen molar-refractivity contribution >= 4 is 23.3 Å². The topological polar surface area (TPSA) is 81.4 Å². The third kappa shape index (κ3) is 3.82. The maximum absolute atomic E-state index is 10.6. The van der Waals surface area contributed by atoms with E-state index in [1.165, 1.54) is 36.0 Å². The van der Waals surface area contributed by atoms with Gasteiger partial charge < -0.3 is 9.64 Å². The number of non-ortho nitro benzene ring substituents is 1. The SMILES string of the molecule is CSc1nc(Oc2ccc([N+](=O)[O-])cc2)cc(N(C)C)n1. The number of hydrogen-bond acceptors (Lipinski definition) is 7. The molecule has 0 radical (unpaired) electrons. The lowest BCUT2D eigenvalue weighted by Gasteiger charge is -2.13. The molecule has 0 bridgehead atoms. The minimum Gasteiger partial charge on any atom is -0.439 e. The number of nitro benzene ring substituents is 1. The highest BCUT2D eigenvalue weighted by atomic mass is 32.2. The first-order chi connectivity index (χ1) is 9.99. The number of hydrogen-bond donors (Lipinski definition) is 0. The van der Waals surface area contributed by atoms with Crippen LogP contribution >= 0.6 is 11.8 Å². The van der Waals surface area contributed by atoms with Crippen molar-refractivity contribution < 1.29 is 9.66 Å². The van der Waals surface area contributed by atoms with E-state index in [9.17, 15) is 10.1 Å². The van der Waals surface area contributed by atoms with Crippen LogP contribution in [0.15, 0.2) is 35.5 Å². The highest BCUT2D eigenvalue weighted by Gasteiger charge is 2.09. The van der Waals surface area contributed by atoms with Crippen molar-refractivity contribution in [3.05, 3.63) is 40.4 Å². The first-order valence-corrected chi connectivity index (χ1v) is 7.25. The van der Waals surface area contributed by atoms with Crippen LogP contribution in [-0.4, -0.2) is 35.2 Å². The zero-order valence-electron chi connectivity index (χ0n) is 11.8. The Morgan fingerprint density at radius 1 is 1.24 bits per heavy atom. The molecule has 0 spiro atoms. The number of rotatable bonds is 5. The van der Waals surface area contributed by atoms with Crippen molar-refractivity contribution in [1.29, 1.82) is 0 Å². The van der Waals surface area contributed by atoms with E-state index in [2.05, 4.69) is 9.97 Å². The molecule has 0 aliphatic carbocycles. The molecular formula is C13H14N4O3S. The fourth-order valence-corrected chi connectivity index (χ4v) is 1.89. The van der Waals surface area contributed by atoms with Crippen LogP contribution in [0.25, 0.3) is 0 Å². The van der Waals surface area contributed by atoms with Gasteiger partial charge in [-0.15, -0.1) is 0 Å². The quantitative estimate of drug-likeness (QED) is 0.363. The first-order valence-electron chi connectivity index (χ1n) is 6.02. The van der Waals surface area contributed by atoms with Gasteiger partial charge in [0, 0.05) is 32.3 Å². The molecule has 0 aliphatic rings. The molecule has 0 amide bonds. The Balaban J connectivity index is 2.25. The molecule has 1 heterocycles. The summed E-state index contributed by atoms with van der Waals surface area (Å²) in [5.74, 6) is 1.61. The highest BCUT2D eigenvalue weighted by molar-refractivity contribution is 7.98. The summed E-state index contributed by atoms with van der Waals surface area (Å²) < 4.78 is 5.63. The molecule has 0 N–H and O–H groups in total. The number of thioether (sulfide) groups is 1. The molecule has 0 fully saturated rings. The van der Waals surface area contributed by atoms with Gasteiger partial charge in [0.05, 0.1) is 4.92 Å². The average molecular weight is 306 g/mol. The van der Waals surface area contributed by atoms with Gasteiger partial charge in [0.2, 0.25) is 5.88 Å². The van der Waals surface area contributed by atoms with Crippen molar-refractivity contribution in [3.63, 3.8) is 0 Å². The van der Waals surface area contributed by atoms with Gasteiger partial charge in [-0.25, -0.2) is 4.98 Å². The molecule has 2 aromatic rings. The van der Waals surface area contributed by atoms with E-state index in [-0.39, 0.29) is 5.69 Å². The van der Waals surface area contributed by atoms with E-state index in [0.717, 1.165) is 5.82 Å². The van der Waals surface area contributed by atoms with Crippen LogP contribution in [0.1, 0.15) is 0 Å². The average Bonchev–Trinajstić information content (AvgIpc) is 2.47. The molecule has 21 heavy (non-hydrogen) atoms. The van der Waals surface area contributed by atoms with Crippen LogP contribution in [0.3, 0.4) is 0 Å². The molecule has 0 atom stereocenters. The van der Waals surface area contributed by atoms with E-state index in [0.29, 0.717) is 16.8 Å². The van der Waals surface area contributed by atoms with Crippen molar-refractivity contribution in [2.45, 2.75) is 5.16 Å². The summed E-state index contributed by atoms with van der Waals surface area (Å²) in [6.07, 6.45) is 1.88. The van der Waals surface area contributed by atoms with Crippen LogP contribution in [0, 0.1) is 10.1 Å². The summed E-state index contributed by atoms with van der Waals surface area (Å²) in [6, 6.07) is 7.56. The molecule has 8 heteroatoms. The second-order valence-electron chi connectivity index (χ2n) is 4.30. The van der Waals surface area contributed by atoms with Crippen LogP contribution in [0.4, 0.5) is 11.5 Å². The van der Waals surface area contributed by atoms with Gasteiger partial charge in [-0.05, 0) is 18.4 Å². The predicted molar refractivity (Wildman–Crippen MR) is 81.3 cm³/mol. The molecule has 2 rings (SSSR count). The lowest BCUT2D eigenvalue weighted by Crippen LogP contribution is -2.11. The lowest BCUT2D eigenvalue weighted by atomic mass is 10.3. The molecule has 0 saturated carbocycles. The number of anilines is 1. The molecule has 1 aromatic carbocycles. The smallest absolute Gasteiger partial charge is 0.269 e. The minimum absolute atomic E-state index is 0.0174. The zero-order chi connectivity index (χ0) is 15.4. The Labute approximate surface area is 126 Å². The fourth-order valence-electron chi connectivity index (χ4n) is 1.52. The van der Waals surface area contributed by atoms with E-state index in [1.807, 2.05) is 25.3 Å². The van der Waals surface area contributed by atoms with Gasteiger partial charge in [0.15, 0.2) is 5.16 Å². The highest BCUT2D eigenvalue weighted by Crippen LogP contribution is 2.26. The monoisotopic (exact) mass is 306 g/mol. The van der Waals surface area contributed by atoms with Crippen LogP contribution in [0.2, 0.25) is 0 Å². The zero-order valence-corrected chi connectivity index (χ0v) is 12.6. The summed E-state index contributed by atoms with van der Waals surface area (Å²) in [6.45, 7) is 0. The van der Waals surface area contributed by atoms with Crippen molar-refractivity contribution in [2.75, 3.05) is 25.3 Å². The Bertz CT molecular complexity index is 646. The Kier molecular flexibility index (Phi) is 4.59. The number of ether oxygens (including phenoxy) is 1. The molecule has 0 saturated heterocycles. The molecule has 110 valence electrons. The number of aromatic nitrogens is 2. The molecule has 1 aromatic heterocycles. The third-order valence-electron chi connectivity index (χ3n) is 2.58. The molecule has 7 nitrogen and oxygen atoms in total. The van der Waals surface area contributed by atoms with Crippen LogP contribution in [0.5, 0.6) is 11.6 Å². The second kappa shape index (κ2) is 6.40. The van der Waals surface area contributed by atoms with E-state index >= 15 is 0 Å². The van der Waals surface area contributed by atoms with Gasteiger partial charge in [-0.1, -0.05) is 11.8 Å². The van der Waals surface area contributed by atoms with Gasteiger partial charge in [-0.3, -0.25) is 10.1 Å². The van der Waals surface area contributed by atoms with Gasteiger partial charge in [0.25, 0.3) is 5.69 Å². The lowest BCUT2D eigenvalue weighted by molar-refractivity contribution is -0.384. The largest absolute Gasteiger partial charge is 0.439 e. The van der Waals surface area contributed by atoms with E-state index < -0.39 is 4.92 Å². The molecular weight excluding hydrogens is 292 g/mol. The van der Waals surface area contributed by atoms with Gasteiger partial charge in [0.1, 0.15) is 11.6 Å². The van der Waals surface area contributed by atoms with E-state index in [4.69, 9.17) is 4.74 Å². The van der Waals surface area contributed by atoms with Crippen LogP contribution < -0.4 is 9.64 Å². The number of nitro groups is 1. The predicted octanol–water partition coefficient (Wildman–Crippen LogP) is 2.97. The first kappa shape index (κ1) is 15.0. The Morgan fingerprint density at radius 3 is 2.43 bits per heavy atom. The second-order valence-corrected chi connectivity index (χ2v) is 5.07. The maximum Gasteiger partial charge on any atom is 0.269 e. The Morgan fingerprint density at radius 2 is 1.90 bits per heavy atom. The third-order valence-corrected chi connectivity index (χ3v) is 3.13. The molecule has 0 unspecified atom stereocenters. The number of benzene rings is 1. The standard InChI is InChI=1S/C13H14N4O3S/c1-16(2)11-8-12(15-13(14-11)21-3)20-10-6-4-9(5-7-10)17(18)19/h4-8H,1-3H3. The molecule has 0 aliphatic heterocycles. The van der Waals surface area contributed by atoms with E-state index in [1.54, 1.807) is 6.07 Å². The van der Waals surface area contributed by atoms with Crippen molar-refractivity contribution in [2.24, 2.45) is 0 Å². The van der Waals surface area contributed by atoms with Gasteiger partial charge >= 0.3 is 0 Å². The summed E-state index contributed by atoms with van der Waals surface area (Å²) in [5, 5.41) is 11.2. The number of nitrogens with zero attached hydrogens (tertiary/aromatic N) is 4. The van der Waals surface area contributed by atoms with Gasteiger partial charge in [-0.2, -0.15) is 4.98 Å². The summed E-state index contributed by atoms with van der Waals surface area (Å²) in [7, 11) is 3.75. The minimum atomic E-state index is -0.454. The maximum atomic E-state index is 10.6. The summed E-state index contributed by atoms with van der Waals surface area (Å²) >= 11 is 1.41. The fraction of sp³-hybridized carbons (Fsp3) is 0.231.